The number of nitrogens with zero attached hydrogens (tertiary/aromatic N) is 2. The Kier molecular flexibility index (Phi) is 10.0. The molecule has 0 saturated carbocycles. The van der Waals surface area contributed by atoms with Gasteiger partial charge in [0, 0.05) is 19.2 Å². The van der Waals surface area contributed by atoms with E-state index in [1.165, 1.54) is 12.1 Å². The van der Waals surface area contributed by atoms with Gasteiger partial charge in [-0.2, -0.15) is 0 Å². The van der Waals surface area contributed by atoms with Crippen molar-refractivity contribution < 1.29 is 32.3 Å². The van der Waals surface area contributed by atoms with E-state index in [0.29, 0.717) is 22.4 Å². The molecule has 0 radical (unpaired) electrons. The second kappa shape index (κ2) is 13.3. The summed E-state index contributed by atoms with van der Waals surface area (Å²) in [6, 6.07) is 5.72. The largest absolute Gasteiger partial charge is 0.480 e. The number of terminal acetylenes is 1. The summed E-state index contributed by atoms with van der Waals surface area (Å²) in [7, 11) is -3.95. The van der Waals surface area contributed by atoms with Crippen molar-refractivity contribution in [1.82, 2.24) is 20.0 Å². The number of H-pyrrole nitrogens is 1. The van der Waals surface area contributed by atoms with Gasteiger partial charge in [-0.05, 0) is 68.1 Å². The number of anilines is 1. The number of benzene rings is 2. The normalized spacial score (nSPS) is 11.9. The van der Waals surface area contributed by atoms with Crippen LogP contribution in [0.1, 0.15) is 47.1 Å². The predicted molar refractivity (Wildman–Crippen MR) is 154 cm³/mol. The number of aromatic amines is 1. The molecule has 3 rings (SSSR count). The Morgan fingerprint density at radius 1 is 1.21 bits per heavy atom. The number of carbonyl (C=O) groups excluding carboxylic acids is 2. The van der Waals surface area contributed by atoms with Crippen LogP contribution < -0.4 is 20.5 Å². The number of aryl methyl sites for hydroxylation is 2. The van der Waals surface area contributed by atoms with Gasteiger partial charge in [0.2, 0.25) is 15.9 Å². The van der Waals surface area contributed by atoms with Gasteiger partial charge >= 0.3 is 5.97 Å². The van der Waals surface area contributed by atoms with Crippen molar-refractivity contribution in [3.8, 4) is 12.3 Å². The van der Waals surface area contributed by atoms with E-state index in [1.807, 2.05) is 6.92 Å². The molecule has 1 heterocycles. The maximum Gasteiger partial charge on any atom is 0.326 e. The lowest BCUT2D eigenvalue weighted by Gasteiger charge is -2.24. The standard InChI is InChI=1S/C28H30FN5O7S/c1-5-10-34(15-19-13-22-25(12-16(19)2)30-17(3)31-27(22)37)20-8-9-21(23(29)14-20)26(36)32-24(28(38)39)7-6-11-42(40,41)33-18(4)35/h1,8-9,12-14,24H,6-7,10-11,15H2,2-4H3,(H,32,36)(H,33,35)(H,38,39)(H,30,31,37)/t24-/m0/s1. The first kappa shape index (κ1) is 31.8. The number of aliphatic carboxylic acids is 1. The third-order valence-electron chi connectivity index (χ3n) is 6.30. The van der Waals surface area contributed by atoms with Crippen molar-refractivity contribution in [3.63, 3.8) is 0 Å². The lowest BCUT2D eigenvalue weighted by atomic mass is 10.0. The van der Waals surface area contributed by atoms with Crippen LogP contribution in [0.25, 0.3) is 10.9 Å². The summed E-state index contributed by atoms with van der Waals surface area (Å²) in [5.74, 6) is -1.71. The first-order valence-corrected chi connectivity index (χ1v) is 14.4. The number of carboxylic acids is 1. The Labute approximate surface area is 241 Å². The number of carboxylic acid groups (broad SMARTS) is 1. The van der Waals surface area contributed by atoms with Gasteiger partial charge in [0.15, 0.2) is 0 Å². The molecule has 2 aromatic carbocycles. The summed E-state index contributed by atoms with van der Waals surface area (Å²) in [6.07, 6.45) is 5.09. The quantitative estimate of drug-likeness (QED) is 0.226. The summed E-state index contributed by atoms with van der Waals surface area (Å²) >= 11 is 0. The Balaban J connectivity index is 1.78. The van der Waals surface area contributed by atoms with Gasteiger partial charge in [-0.3, -0.25) is 19.1 Å². The highest BCUT2D eigenvalue weighted by molar-refractivity contribution is 7.90. The highest BCUT2D eigenvalue weighted by Crippen LogP contribution is 2.24. The van der Waals surface area contributed by atoms with Gasteiger partial charge < -0.3 is 20.3 Å². The Hall–Kier alpha value is -4.77. The van der Waals surface area contributed by atoms with Crippen LogP contribution in [0.4, 0.5) is 10.1 Å². The highest BCUT2D eigenvalue weighted by atomic mass is 32.2. The van der Waals surface area contributed by atoms with Gasteiger partial charge in [0.1, 0.15) is 17.7 Å². The number of hydrogen-bond acceptors (Lipinski definition) is 8. The second-order valence-corrected chi connectivity index (χ2v) is 11.5. The molecule has 0 saturated heterocycles. The van der Waals surface area contributed by atoms with E-state index in [0.717, 1.165) is 24.1 Å². The summed E-state index contributed by atoms with van der Waals surface area (Å²) in [5.41, 5.74) is 1.75. The minimum Gasteiger partial charge on any atom is -0.480 e. The monoisotopic (exact) mass is 599 g/mol. The predicted octanol–water partition coefficient (Wildman–Crippen LogP) is 1.75. The number of amides is 2. The first-order chi connectivity index (χ1) is 19.7. The molecule has 1 aromatic heterocycles. The van der Waals surface area contributed by atoms with Crippen LogP contribution in [-0.4, -0.2) is 59.6 Å². The second-order valence-electron chi connectivity index (χ2n) is 9.66. The number of aromatic nitrogens is 2. The minimum absolute atomic E-state index is 0.0768. The molecule has 42 heavy (non-hydrogen) atoms. The number of carbonyl (C=O) groups is 3. The van der Waals surface area contributed by atoms with Crippen LogP contribution in [-0.2, 0) is 26.2 Å². The summed E-state index contributed by atoms with van der Waals surface area (Å²) in [4.78, 5) is 56.5. The van der Waals surface area contributed by atoms with E-state index >= 15 is 4.39 Å². The molecule has 0 fully saturated rings. The molecule has 0 aliphatic heterocycles. The van der Waals surface area contributed by atoms with Crippen LogP contribution >= 0.6 is 0 Å². The SMILES string of the molecule is C#CCN(Cc1cc2c(=O)[nH]c(C)nc2cc1C)c1ccc(C(=O)N[C@@H](CCCS(=O)(=O)NC(C)=O)C(=O)O)c(F)c1. The number of halogens is 1. The third kappa shape index (κ3) is 8.14. The number of sulfonamides is 1. The van der Waals surface area contributed by atoms with Crippen LogP contribution in [0.5, 0.6) is 0 Å². The smallest absolute Gasteiger partial charge is 0.326 e. The lowest BCUT2D eigenvalue weighted by Crippen LogP contribution is -2.41. The maximum absolute atomic E-state index is 15.1. The van der Waals surface area contributed by atoms with Crippen LogP contribution in [0.3, 0.4) is 0 Å². The van der Waals surface area contributed by atoms with Crippen LogP contribution in [0.2, 0.25) is 0 Å². The molecule has 0 spiro atoms. The van der Waals surface area contributed by atoms with E-state index < -0.39 is 51.0 Å². The van der Waals surface area contributed by atoms with Crippen molar-refractivity contribution in [2.75, 3.05) is 17.2 Å². The average molecular weight is 600 g/mol. The van der Waals surface area contributed by atoms with Crippen LogP contribution in [0.15, 0.2) is 35.1 Å². The Bertz CT molecular complexity index is 1750. The van der Waals surface area contributed by atoms with Gasteiger partial charge in [0.25, 0.3) is 11.5 Å². The molecule has 1 atom stereocenters. The van der Waals surface area contributed by atoms with Crippen molar-refractivity contribution >= 4 is 44.4 Å². The number of nitrogens with one attached hydrogen (secondary N) is 3. The maximum atomic E-state index is 15.1. The molecule has 0 unspecified atom stereocenters. The molecule has 0 aliphatic rings. The van der Waals surface area contributed by atoms with E-state index in [9.17, 15) is 32.7 Å². The zero-order valence-electron chi connectivity index (χ0n) is 23.2. The first-order valence-electron chi connectivity index (χ1n) is 12.7. The summed E-state index contributed by atoms with van der Waals surface area (Å²) < 4.78 is 40.5. The third-order valence-corrected chi connectivity index (χ3v) is 7.72. The zero-order valence-corrected chi connectivity index (χ0v) is 24.0. The number of rotatable bonds is 12. The molecule has 4 N–H and O–H groups in total. The van der Waals surface area contributed by atoms with Gasteiger partial charge in [0.05, 0.1) is 28.8 Å². The Morgan fingerprint density at radius 2 is 1.93 bits per heavy atom. The molecule has 0 aliphatic carbocycles. The molecule has 0 bridgehead atoms. The fraction of sp³-hybridized carbons (Fsp3) is 0.321. The molecular formula is C28H30FN5O7S. The molecule has 2 amide bonds. The fourth-order valence-electron chi connectivity index (χ4n) is 4.30. The molecule has 14 heteroatoms. The number of fused-ring (bicyclic) bond motifs is 1. The van der Waals surface area contributed by atoms with Crippen molar-refractivity contribution in [2.45, 2.75) is 46.2 Å². The van der Waals surface area contributed by atoms with Gasteiger partial charge in [-0.25, -0.2) is 22.6 Å². The van der Waals surface area contributed by atoms with Crippen molar-refractivity contribution in [2.24, 2.45) is 0 Å². The zero-order chi connectivity index (χ0) is 31.2. The van der Waals surface area contributed by atoms with Gasteiger partial charge in [-0.15, -0.1) is 6.42 Å². The van der Waals surface area contributed by atoms with Crippen LogP contribution in [0, 0.1) is 32.0 Å². The van der Waals surface area contributed by atoms with E-state index in [1.54, 1.807) is 28.7 Å². The summed E-state index contributed by atoms with van der Waals surface area (Å²) in [5, 5.41) is 12.1. The van der Waals surface area contributed by atoms with Crippen molar-refractivity contribution in [1.29, 1.82) is 0 Å². The van der Waals surface area contributed by atoms with Gasteiger partial charge in [-0.1, -0.05) is 5.92 Å². The van der Waals surface area contributed by atoms with Crippen molar-refractivity contribution in [3.05, 3.63) is 69.0 Å². The minimum atomic E-state index is -3.95. The topological polar surface area (TPSA) is 179 Å². The summed E-state index contributed by atoms with van der Waals surface area (Å²) in [6.45, 7) is 4.85. The molecule has 12 nitrogen and oxygen atoms in total. The highest BCUT2D eigenvalue weighted by Gasteiger charge is 2.24. The lowest BCUT2D eigenvalue weighted by molar-refractivity contribution is -0.139. The van der Waals surface area contributed by atoms with E-state index in [2.05, 4.69) is 21.2 Å². The Morgan fingerprint density at radius 3 is 2.55 bits per heavy atom. The molecule has 3 aromatic rings. The van der Waals surface area contributed by atoms with E-state index in [4.69, 9.17) is 6.42 Å². The average Bonchev–Trinajstić information content (AvgIpc) is 2.87. The number of hydrogen-bond donors (Lipinski definition) is 4. The van der Waals surface area contributed by atoms with E-state index in [-0.39, 0.29) is 31.5 Å². The molecular weight excluding hydrogens is 569 g/mol. The fourth-order valence-corrected chi connectivity index (χ4v) is 5.39. The molecule has 222 valence electrons.